The monoisotopic (exact) mass is 228 g/mol. The van der Waals surface area contributed by atoms with Gasteiger partial charge in [-0.15, -0.1) is 0 Å². The normalized spacial score (nSPS) is 21.9. The van der Waals surface area contributed by atoms with Gasteiger partial charge in [-0.2, -0.15) is 0 Å². The molecule has 0 aromatic heterocycles. The minimum Gasteiger partial charge on any atom is -0.409 e. The van der Waals surface area contributed by atoms with E-state index >= 15 is 0 Å². The third kappa shape index (κ3) is 2.86. The summed E-state index contributed by atoms with van der Waals surface area (Å²) in [5, 5.41) is 15.0. The van der Waals surface area contributed by atoms with Gasteiger partial charge in [-0.25, -0.2) is 0 Å². The van der Waals surface area contributed by atoms with Crippen molar-refractivity contribution in [2.75, 3.05) is 27.2 Å². The number of rotatable bonds is 6. The Labute approximate surface area is 97.7 Å². The molecule has 1 fully saturated rings. The van der Waals surface area contributed by atoms with Crippen LogP contribution < -0.4 is 11.1 Å². The Hall–Kier alpha value is -0.810. The Balaban J connectivity index is 2.29. The number of hydrogen-bond acceptors (Lipinski definition) is 4. The van der Waals surface area contributed by atoms with Crippen molar-refractivity contribution in [3.63, 3.8) is 0 Å². The van der Waals surface area contributed by atoms with Crippen LogP contribution >= 0.6 is 0 Å². The van der Waals surface area contributed by atoms with Crippen molar-refractivity contribution >= 4 is 5.84 Å². The van der Waals surface area contributed by atoms with Crippen LogP contribution in [-0.4, -0.2) is 48.7 Å². The van der Waals surface area contributed by atoms with Crippen LogP contribution in [0.3, 0.4) is 0 Å². The van der Waals surface area contributed by atoms with Gasteiger partial charge in [-0.1, -0.05) is 12.1 Å². The summed E-state index contributed by atoms with van der Waals surface area (Å²) in [5.74, 6) is 0.365. The quantitative estimate of drug-likeness (QED) is 0.267. The van der Waals surface area contributed by atoms with Gasteiger partial charge >= 0.3 is 0 Å². The van der Waals surface area contributed by atoms with Crippen molar-refractivity contribution < 1.29 is 5.21 Å². The highest BCUT2D eigenvalue weighted by Crippen LogP contribution is 2.35. The van der Waals surface area contributed by atoms with Crippen LogP contribution in [0.2, 0.25) is 0 Å². The van der Waals surface area contributed by atoms with E-state index in [0.717, 1.165) is 13.1 Å². The number of nitrogens with zero attached hydrogens (tertiary/aromatic N) is 2. The summed E-state index contributed by atoms with van der Waals surface area (Å²) in [7, 11) is 4.27. The second kappa shape index (κ2) is 5.50. The molecule has 94 valence electrons. The van der Waals surface area contributed by atoms with E-state index in [2.05, 4.69) is 29.5 Å². The zero-order valence-corrected chi connectivity index (χ0v) is 10.5. The summed E-state index contributed by atoms with van der Waals surface area (Å²) in [6, 6.07) is 0. The zero-order chi connectivity index (χ0) is 12.2. The molecule has 4 N–H and O–H groups in total. The Morgan fingerprint density at radius 3 is 2.56 bits per heavy atom. The van der Waals surface area contributed by atoms with Gasteiger partial charge in [0.25, 0.3) is 0 Å². The summed E-state index contributed by atoms with van der Waals surface area (Å²) in [5.41, 5.74) is 5.85. The molecule has 1 aliphatic rings. The Bertz CT molecular complexity index is 248. The van der Waals surface area contributed by atoms with E-state index in [0.29, 0.717) is 11.4 Å². The number of nitrogens with one attached hydrogen (secondary N) is 1. The molecule has 0 aromatic carbocycles. The highest BCUT2D eigenvalue weighted by molar-refractivity contribution is 5.82. The van der Waals surface area contributed by atoms with Crippen molar-refractivity contribution in [3.8, 4) is 0 Å². The lowest BCUT2D eigenvalue weighted by Crippen LogP contribution is -2.57. The number of oxime groups is 1. The van der Waals surface area contributed by atoms with Gasteiger partial charge in [-0.05, 0) is 33.4 Å². The van der Waals surface area contributed by atoms with E-state index in [9.17, 15) is 0 Å². The lowest BCUT2D eigenvalue weighted by molar-refractivity contribution is 0.0599. The van der Waals surface area contributed by atoms with Crippen molar-refractivity contribution in [1.29, 1.82) is 0 Å². The fourth-order valence-corrected chi connectivity index (χ4v) is 2.09. The molecule has 0 spiro atoms. The molecule has 1 rings (SSSR count). The summed E-state index contributed by atoms with van der Waals surface area (Å²) in [6.07, 6.45) is 3.82. The first kappa shape index (κ1) is 13.3. The Kier molecular flexibility index (Phi) is 4.56. The average Bonchev–Trinajstić information content (AvgIpc) is 2.19. The SMILES string of the molecule is CC(CNCC1(N(C)C)CCC1)C(N)=NO. The third-order valence-electron chi connectivity index (χ3n) is 3.76. The summed E-state index contributed by atoms with van der Waals surface area (Å²) in [6.45, 7) is 3.68. The fourth-order valence-electron chi connectivity index (χ4n) is 2.09. The lowest BCUT2D eigenvalue weighted by atomic mass is 9.75. The van der Waals surface area contributed by atoms with Crippen LogP contribution in [-0.2, 0) is 0 Å². The van der Waals surface area contributed by atoms with Gasteiger partial charge < -0.3 is 21.2 Å². The molecule has 16 heavy (non-hydrogen) atoms. The standard InChI is InChI=1S/C11H24N4O/c1-9(10(12)14-16)7-13-8-11(15(2)3)5-4-6-11/h9,13,16H,4-8H2,1-3H3,(H2,12,14). The first-order valence-electron chi connectivity index (χ1n) is 5.87. The summed E-state index contributed by atoms with van der Waals surface area (Å²) >= 11 is 0. The van der Waals surface area contributed by atoms with Crippen LogP contribution in [0.25, 0.3) is 0 Å². The molecule has 0 bridgehead atoms. The molecule has 0 amide bonds. The molecule has 0 aromatic rings. The van der Waals surface area contributed by atoms with Crippen LogP contribution in [0.15, 0.2) is 5.16 Å². The number of likely N-dealkylation sites (N-methyl/N-ethyl adjacent to an activating group) is 1. The van der Waals surface area contributed by atoms with Crippen LogP contribution in [0, 0.1) is 5.92 Å². The molecule has 1 aliphatic carbocycles. The van der Waals surface area contributed by atoms with E-state index in [4.69, 9.17) is 10.9 Å². The fraction of sp³-hybridized carbons (Fsp3) is 0.909. The topological polar surface area (TPSA) is 73.9 Å². The highest BCUT2D eigenvalue weighted by atomic mass is 16.4. The average molecular weight is 228 g/mol. The van der Waals surface area contributed by atoms with Crippen molar-refractivity contribution in [3.05, 3.63) is 0 Å². The van der Waals surface area contributed by atoms with E-state index in [-0.39, 0.29) is 5.92 Å². The molecule has 0 heterocycles. The lowest BCUT2D eigenvalue weighted by Gasteiger charge is -2.47. The van der Waals surface area contributed by atoms with Crippen molar-refractivity contribution in [2.45, 2.75) is 31.7 Å². The Morgan fingerprint density at radius 2 is 2.19 bits per heavy atom. The minimum atomic E-state index is 0.0734. The second-order valence-electron chi connectivity index (χ2n) is 5.03. The van der Waals surface area contributed by atoms with E-state index < -0.39 is 0 Å². The maximum absolute atomic E-state index is 8.54. The number of amidine groups is 1. The second-order valence-corrected chi connectivity index (χ2v) is 5.03. The molecule has 0 saturated heterocycles. The highest BCUT2D eigenvalue weighted by Gasteiger charge is 2.38. The molecule has 0 aliphatic heterocycles. The first-order valence-corrected chi connectivity index (χ1v) is 5.87. The maximum atomic E-state index is 8.54. The smallest absolute Gasteiger partial charge is 0.143 e. The molecule has 1 unspecified atom stereocenters. The van der Waals surface area contributed by atoms with E-state index in [1.807, 2.05) is 6.92 Å². The van der Waals surface area contributed by atoms with Crippen LogP contribution in [0.4, 0.5) is 0 Å². The molecule has 5 nitrogen and oxygen atoms in total. The predicted molar refractivity (Wildman–Crippen MR) is 65.7 cm³/mol. The third-order valence-corrected chi connectivity index (χ3v) is 3.76. The summed E-state index contributed by atoms with van der Waals surface area (Å²) < 4.78 is 0. The molecule has 1 atom stereocenters. The molecular formula is C11H24N4O. The van der Waals surface area contributed by atoms with Gasteiger partial charge in [-0.3, -0.25) is 0 Å². The maximum Gasteiger partial charge on any atom is 0.143 e. The zero-order valence-electron chi connectivity index (χ0n) is 10.5. The van der Waals surface area contributed by atoms with Gasteiger partial charge in [0.2, 0.25) is 0 Å². The van der Waals surface area contributed by atoms with Gasteiger partial charge in [0.1, 0.15) is 5.84 Å². The van der Waals surface area contributed by atoms with Gasteiger partial charge in [0.15, 0.2) is 0 Å². The molecular weight excluding hydrogens is 204 g/mol. The minimum absolute atomic E-state index is 0.0734. The van der Waals surface area contributed by atoms with E-state index in [1.54, 1.807) is 0 Å². The van der Waals surface area contributed by atoms with Crippen LogP contribution in [0.1, 0.15) is 26.2 Å². The van der Waals surface area contributed by atoms with Gasteiger partial charge in [0, 0.05) is 24.5 Å². The molecule has 5 heteroatoms. The summed E-state index contributed by atoms with van der Waals surface area (Å²) in [4.78, 5) is 2.30. The molecule has 0 radical (unpaired) electrons. The molecule has 1 saturated carbocycles. The first-order chi connectivity index (χ1) is 7.52. The number of nitrogens with two attached hydrogens (primary N) is 1. The number of hydrogen-bond donors (Lipinski definition) is 3. The Morgan fingerprint density at radius 1 is 1.56 bits per heavy atom. The van der Waals surface area contributed by atoms with Crippen molar-refractivity contribution in [2.24, 2.45) is 16.8 Å². The van der Waals surface area contributed by atoms with Gasteiger partial charge in [0.05, 0.1) is 0 Å². The van der Waals surface area contributed by atoms with E-state index in [1.165, 1.54) is 19.3 Å². The van der Waals surface area contributed by atoms with Crippen LogP contribution in [0.5, 0.6) is 0 Å². The van der Waals surface area contributed by atoms with Crippen molar-refractivity contribution in [1.82, 2.24) is 10.2 Å². The largest absolute Gasteiger partial charge is 0.409 e. The predicted octanol–water partition coefficient (Wildman–Crippen LogP) is 0.443.